The second-order valence-corrected chi connectivity index (χ2v) is 8.07. The number of rotatable bonds is 3. The predicted molar refractivity (Wildman–Crippen MR) is 119 cm³/mol. The van der Waals surface area contributed by atoms with Gasteiger partial charge in [0.05, 0.1) is 34.4 Å². The predicted octanol–water partition coefficient (Wildman–Crippen LogP) is 5.24. The standard InChI is InChI=1S/C23H17N5OS/c1-14-22(30-23-25-17-5-3-4-6-19(17)27(14)23)20-11-12-24-21-13-18(26-28(20)21)15-7-9-16(29-2)10-8-15/h3-13H,1-2H3. The molecule has 0 spiro atoms. The molecule has 0 bridgehead atoms. The van der Waals surface area contributed by atoms with Gasteiger partial charge in [-0.15, -0.1) is 0 Å². The van der Waals surface area contributed by atoms with Gasteiger partial charge < -0.3 is 4.74 Å². The molecule has 6 aromatic rings. The average Bonchev–Trinajstić information content (AvgIpc) is 3.46. The van der Waals surface area contributed by atoms with Gasteiger partial charge in [-0.1, -0.05) is 23.5 Å². The molecule has 0 saturated heterocycles. The smallest absolute Gasteiger partial charge is 0.195 e. The second kappa shape index (κ2) is 6.40. The average molecular weight is 411 g/mol. The number of thiazole rings is 1. The maximum atomic E-state index is 5.26. The molecule has 146 valence electrons. The summed E-state index contributed by atoms with van der Waals surface area (Å²) in [6, 6.07) is 20.2. The highest BCUT2D eigenvalue weighted by Crippen LogP contribution is 2.35. The molecule has 6 nitrogen and oxygen atoms in total. The van der Waals surface area contributed by atoms with Crippen LogP contribution in [0.2, 0.25) is 0 Å². The number of fused-ring (bicyclic) bond motifs is 4. The van der Waals surface area contributed by atoms with Crippen molar-refractivity contribution in [3.8, 4) is 27.6 Å². The molecule has 0 radical (unpaired) electrons. The van der Waals surface area contributed by atoms with Gasteiger partial charge in [0.15, 0.2) is 10.6 Å². The van der Waals surface area contributed by atoms with E-state index in [0.29, 0.717) is 0 Å². The Morgan fingerprint density at radius 3 is 2.67 bits per heavy atom. The third kappa shape index (κ3) is 2.45. The van der Waals surface area contributed by atoms with Crippen molar-refractivity contribution in [3.05, 3.63) is 72.6 Å². The number of hydrogen-bond donors (Lipinski definition) is 0. The van der Waals surface area contributed by atoms with Gasteiger partial charge >= 0.3 is 0 Å². The first kappa shape index (κ1) is 17.2. The van der Waals surface area contributed by atoms with Crippen molar-refractivity contribution >= 4 is 33.0 Å². The topological polar surface area (TPSA) is 56.7 Å². The number of ether oxygens (including phenoxy) is 1. The fourth-order valence-corrected chi connectivity index (χ4v) is 5.02. The van der Waals surface area contributed by atoms with E-state index in [2.05, 4.69) is 22.4 Å². The first-order valence-electron chi connectivity index (χ1n) is 9.59. The van der Waals surface area contributed by atoms with Crippen molar-refractivity contribution in [2.45, 2.75) is 6.92 Å². The zero-order valence-corrected chi connectivity index (χ0v) is 17.2. The molecule has 30 heavy (non-hydrogen) atoms. The van der Waals surface area contributed by atoms with Gasteiger partial charge in [-0.25, -0.2) is 14.5 Å². The van der Waals surface area contributed by atoms with Crippen molar-refractivity contribution < 1.29 is 4.74 Å². The fraction of sp³-hybridized carbons (Fsp3) is 0.0870. The molecule has 0 unspecified atom stereocenters. The van der Waals surface area contributed by atoms with Crippen LogP contribution in [-0.4, -0.2) is 31.1 Å². The molecule has 0 fully saturated rings. The van der Waals surface area contributed by atoms with Crippen molar-refractivity contribution in [1.82, 2.24) is 24.0 Å². The van der Waals surface area contributed by atoms with Crippen LogP contribution >= 0.6 is 11.3 Å². The van der Waals surface area contributed by atoms with E-state index < -0.39 is 0 Å². The van der Waals surface area contributed by atoms with Crippen LogP contribution in [0.5, 0.6) is 5.75 Å². The number of imidazole rings is 1. The van der Waals surface area contributed by atoms with Crippen LogP contribution in [0.1, 0.15) is 5.69 Å². The van der Waals surface area contributed by atoms with Crippen LogP contribution in [0.3, 0.4) is 0 Å². The summed E-state index contributed by atoms with van der Waals surface area (Å²) in [5, 5.41) is 4.86. The molecule has 0 aliphatic heterocycles. The lowest BCUT2D eigenvalue weighted by atomic mass is 10.1. The molecule has 7 heteroatoms. The molecular formula is C23H17N5OS. The lowest BCUT2D eigenvalue weighted by Crippen LogP contribution is -1.96. The fourth-order valence-electron chi connectivity index (χ4n) is 3.87. The Balaban J connectivity index is 1.54. The Kier molecular flexibility index (Phi) is 3.66. The minimum atomic E-state index is 0.814. The number of hydrogen-bond acceptors (Lipinski definition) is 5. The zero-order valence-electron chi connectivity index (χ0n) is 16.4. The molecule has 0 N–H and O–H groups in total. The zero-order chi connectivity index (χ0) is 20.2. The SMILES string of the molecule is COc1ccc(-c2cc3nccc(-c4sc5nc6ccccc6n5c4C)n3n2)cc1. The van der Waals surface area contributed by atoms with Crippen molar-refractivity contribution in [2.24, 2.45) is 0 Å². The summed E-state index contributed by atoms with van der Waals surface area (Å²) in [6.45, 7) is 2.13. The first-order chi connectivity index (χ1) is 14.7. The van der Waals surface area contributed by atoms with E-state index in [0.717, 1.165) is 54.9 Å². The minimum Gasteiger partial charge on any atom is -0.497 e. The van der Waals surface area contributed by atoms with Crippen LogP contribution in [0.15, 0.2) is 66.9 Å². The van der Waals surface area contributed by atoms with E-state index in [4.69, 9.17) is 14.8 Å². The molecule has 6 rings (SSSR count). The highest BCUT2D eigenvalue weighted by molar-refractivity contribution is 7.20. The Labute approximate surface area is 176 Å². The first-order valence-corrected chi connectivity index (χ1v) is 10.4. The molecule has 2 aromatic carbocycles. The summed E-state index contributed by atoms with van der Waals surface area (Å²) in [4.78, 5) is 11.4. The summed E-state index contributed by atoms with van der Waals surface area (Å²) in [7, 11) is 1.67. The number of benzene rings is 2. The van der Waals surface area contributed by atoms with E-state index in [1.54, 1.807) is 18.4 Å². The van der Waals surface area contributed by atoms with Crippen molar-refractivity contribution in [3.63, 3.8) is 0 Å². The maximum Gasteiger partial charge on any atom is 0.195 e. The summed E-state index contributed by atoms with van der Waals surface area (Å²) < 4.78 is 9.40. The molecule has 0 amide bonds. The quantitative estimate of drug-likeness (QED) is 0.399. The van der Waals surface area contributed by atoms with Crippen LogP contribution in [0.4, 0.5) is 0 Å². The molecule has 0 saturated carbocycles. The van der Waals surface area contributed by atoms with E-state index in [1.807, 2.05) is 65.3 Å². The monoisotopic (exact) mass is 411 g/mol. The Morgan fingerprint density at radius 2 is 1.83 bits per heavy atom. The number of nitrogens with zero attached hydrogens (tertiary/aromatic N) is 5. The lowest BCUT2D eigenvalue weighted by Gasteiger charge is -2.04. The van der Waals surface area contributed by atoms with Gasteiger partial charge in [0, 0.05) is 23.5 Å². The van der Waals surface area contributed by atoms with Crippen molar-refractivity contribution in [1.29, 1.82) is 0 Å². The molecular weight excluding hydrogens is 394 g/mol. The summed E-state index contributed by atoms with van der Waals surface area (Å²) in [5.41, 5.74) is 7.01. The largest absolute Gasteiger partial charge is 0.497 e. The molecule has 4 heterocycles. The second-order valence-electron chi connectivity index (χ2n) is 7.09. The molecule has 4 aromatic heterocycles. The van der Waals surface area contributed by atoms with Crippen LogP contribution in [0, 0.1) is 6.92 Å². The van der Waals surface area contributed by atoms with Gasteiger partial charge in [-0.2, -0.15) is 5.10 Å². The normalized spacial score (nSPS) is 11.7. The highest BCUT2D eigenvalue weighted by atomic mass is 32.1. The van der Waals surface area contributed by atoms with Gasteiger partial charge in [0.25, 0.3) is 0 Å². The maximum absolute atomic E-state index is 5.26. The summed E-state index contributed by atoms with van der Waals surface area (Å²) >= 11 is 1.67. The number of methoxy groups -OCH3 is 1. The Morgan fingerprint density at radius 1 is 1.00 bits per heavy atom. The van der Waals surface area contributed by atoms with Crippen molar-refractivity contribution in [2.75, 3.05) is 7.11 Å². The Hall–Kier alpha value is -3.71. The summed E-state index contributed by atoms with van der Waals surface area (Å²) in [5.74, 6) is 0.825. The van der Waals surface area contributed by atoms with E-state index >= 15 is 0 Å². The Bertz CT molecular complexity index is 1540. The van der Waals surface area contributed by atoms with E-state index in [-0.39, 0.29) is 0 Å². The lowest BCUT2D eigenvalue weighted by molar-refractivity contribution is 0.415. The van der Waals surface area contributed by atoms with Gasteiger partial charge in [0.1, 0.15) is 5.75 Å². The van der Waals surface area contributed by atoms with Gasteiger partial charge in [-0.3, -0.25) is 4.40 Å². The molecule has 0 aliphatic rings. The van der Waals surface area contributed by atoms with Crippen LogP contribution in [0.25, 0.3) is 43.5 Å². The number of para-hydroxylation sites is 2. The van der Waals surface area contributed by atoms with E-state index in [1.165, 1.54) is 0 Å². The third-order valence-corrected chi connectivity index (χ3v) is 6.53. The van der Waals surface area contributed by atoms with Crippen LogP contribution < -0.4 is 4.74 Å². The van der Waals surface area contributed by atoms with Crippen LogP contribution in [-0.2, 0) is 0 Å². The summed E-state index contributed by atoms with van der Waals surface area (Å²) in [6.07, 6.45) is 1.84. The molecule has 0 aliphatic carbocycles. The number of aromatic nitrogens is 5. The van der Waals surface area contributed by atoms with Gasteiger partial charge in [-0.05, 0) is 49.4 Å². The van der Waals surface area contributed by atoms with Gasteiger partial charge in [0.2, 0.25) is 0 Å². The number of aryl methyl sites for hydroxylation is 1. The minimum absolute atomic E-state index is 0.814. The highest BCUT2D eigenvalue weighted by Gasteiger charge is 2.18. The van der Waals surface area contributed by atoms with E-state index in [9.17, 15) is 0 Å². The molecule has 0 atom stereocenters. The third-order valence-electron chi connectivity index (χ3n) is 5.36.